The van der Waals surface area contributed by atoms with Crippen molar-refractivity contribution in [2.45, 2.75) is 50.8 Å². The van der Waals surface area contributed by atoms with Gasteiger partial charge in [-0.05, 0) is 43.4 Å². The van der Waals surface area contributed by atoms with Gasteiger partial charge in [-0.25, -0.2) is 0 Å². The van der Waals surface area contributed by atoms with Gasteiger partial charge in [-0.15, -0.1) is 0 Å². The van der Waals surface area contributed by atoms with E-state index in [-0.39, 0.29) is 12.0 Å². The maximum Gasteiger partial charge on any atom is 0.225 e. The first kappa shape index (κ1) is 13.4. The largest absolute Gasteiger partial charge is 0.399 e. The van der Waals surface area contributed by atoms with Gasteiger partial charge >= 0.3 is 0 Å². The van der Waals surface area contributed by atoms with Crippen LogP contribution >= 0.6 is 0 Å². The van der Waals surface area contributed by atoms with E-state index < -0.39 is 0 Å². The van der Waals surface area contributed by atoms with Crippen LogP contribution in [0.1, 0.15) is 37.7 Å². The molecular weight excluding hydrogens is 252 g/mol. The quantitative estimate of drug-likeness (QED) is 0.838. The number of anilines is 1. The third-order valence-electron chi connectivity index (χ3n) is 4.04. The molecule has 1 saturated heterocycles. The molecular formula is C16H22N2O2. The van der Waals surface area contributed by atoms with Gasteiger partial charge < -0.3 is 15.4 Å². The number of carbonyl (C=O) groups is 1. The van der Waals surface area contributed by atoms with E-state index in [4.69, 9.17) is 10.5 Å². The molecule has 0 bridgehead atoms. The van der Waals surface area contributed by atoms with Crippen molar-refractivity contribution in [3.63, 3.8) is 0 Å². The molecule has 2 fully saturated rings. The zero-order chi connectivity index (χ0) is 13.9. The summed E-state index contributed by atoms with van der Waals surface area (Å²) < 4.78 is 5.58. The van der Waals surface area contributed by atoms with Crippen LogP contribution in [-0.4, -0.2) is 29.6 Å². The summed E-state index contributed by atoms with van der Waals surface area (Å²) in [7, 11) is 0. The standard InChI is InChI=1S/C16H22N2O2/c17-13-4-1-3-12(9-13)11-18(14-6-7-14)16(19)10-15-5-2-8-20-15/h1,3-4,9,14-15H,2,5-8,10-11,17H2. The number of amides is 1. The van der Waals surface area contributed by atoms with E-state index in [1.165, 1.54) is 0 Å². The van der Waals surface area contributed by atoms with E-state index in [0.717, 1.165) is 43.5 Å². The Kier molecular flexibility index (Phi) is 3.92. The van der Waals surface area contributed by atoms with Gasteiger partial charge in [0.05, 0.1) is 12.5 Å². The number of rotatable bonds is 5. The molecule has 20 heavy (non-hydrogen) atoms. The second-order valence-electron chi connectivity index (χ2n) is 5.84. The lowest BCUT2D eigenvalue weighted by molar-refractivity contribution is -0.134. The smallest absolute Gasteiger partial charge is 0.225 e. The minimum Gasteiger partial charge on any atom is -0.399 e. The van der Waals surface area contributed by atoms with Crippen molar-refractivity contribution in [1.29, 1.82) is 0 Å². The molecule has 0 aromatic heterocycles. The van der Waals surface area contributed by atoms with E-state index in [9.17, 15) is 4.79 Å². The highest BCUT2D eigenvalue weighted by Gasteiger charge is 2.33. The summed E-state index contributed by atoms with van der Waals surface area (Å²) in [6, 6.07) is 8.23. The van der Waals surface area contributed by atoms with Crippen LogP contribution in [0, 0.1) is 0 Å². The first-order valence-corrected chi connectivity index (χ1v) is 7.48. The van der Waals surface area contributed by atoms with Crippen molar-refractivity contribution in [2.24, 2.45) is 0 Å². The molecule has 4 nitrogen and oxygen atoms in total. The molecule has 2 aliphatic rings. The van der Waals surface area contributed by atoms with Crippen LogP contribution in [0.4, 0.5) is 5.69 Å². The molecule has 1 amide bonds. The Hall–Kier alpha value is -1.55. The SMILES string of the molecule is Nc1cccc(CN(C(=O)CC2CCCO2)C2CC2)c1. The van der Waals surface area contributed by atoms with Gasteiger partial charge in [-0.3, -0.25) is 4.79 Å². The molecule has 3 rings (SSSR count). The van der Waals surface area contributed by atoms with Gasteiger partial charge in [0.25, 0.3) is 0 Å². The molecule has 1 aliphatic heterocycles. The second-order valence-corrected chi connectivity index (χ2v) is 5.84. The monoisotopic (exact) mass is 274 g/mol. The van der Waals surface area contributed by atoms with Crippen molar-refractivity contribution >= 4 is 11.6 Å². The lowest BCUT2D eigenvalue weighted by Crippen LogP contribution is -2.34. The molecule has 1 heterocycles. The van der Waals surface area contributed by atoms with Gasteiger partial charge in [0.1, 0.15) is 0 Å². The molecule has 1 aromatic carbocycles. The topological polar surface area (TPSA) is 55.6 Å². The van der Waals surface area contributed by atoms with Crippen molar-refractivity contribution < 1.29 is 9.53 Å². The summed E-state index contributed by atoms with van der Waals surface area (Å²) in [5, 5.41) is 0. The normalized spacial score (nSPS) is 21.9. The summed E-state index contributed by atoms with van der Waals surface area (Å²) in [6.45, 7) is 1.47. The van der Waals surface area contributed by atoms with E-state index in [1.54, 1.807) is 0 Å². The fraction of sp³-hybridized carbons (Fsp3) is 0.562. The first-order chi connectivity index (χ1) is 9.72. The average Bonchev–Trinajstić information content (AvgIpc) is 3.14. The fourth-order valence-electron chi connectivity index (χ4n) is 2.81. The van der Waals surface area contributed by atoms with Crippen molar-refractivity contribution in [3.8, 4) is 0 Å². The van der Waals surface area contributed by atoms with Crippen LogP contribution in [0.15, 0.2) is 24.3 Å². The third kappa shape index (κ3) is 3.31. The van der Waals surface area contributed by atoms with Crippen LogP contribution < -0.4 is 5.73 Å². The Balaban J connectivity index is 1.64. The summed E-state index contributed by atoms with van der Waals surface area (Å²) >= 11 is 0. The molecule has 4 heteroatoms. The summed E-state index contributed by atoms with van der Waals surface area (Å²) in [5.41, 5.74) is 7.67. The highest BCUT2D eigenvalue weighted by molar-refractivity contribution is 5.77. The molecule has 0 spiro atoms. The average molecular weight is 274 g/mol. The predicted molar refractivity (Wildman–Crippen MR) is 78.0 cm³/mol. The van der Waals surface area contributed by atoms with Crippen LogP contribution in [-0.2, 0) is 16.1 Å². The second kappa shape index (κ2) is 5.83. The molecule has 1 aliphatic carbocycles. The highest BCUT2D eigenvalue weighted by atomic mass is 16.5. The number of nitrogen functional groups attached to an aromatic ring is 1. The Morgan fingerprint density at radius 3 is 2.85 bits per heavy atom. The van der Waals surface area contributed by atoms with Gasteiger partial charge in [0.15, 0.2) is 0 Å². The summed E-state index contributed by atoms with van der Waals surface area (Å²) in [4.78, 5) is 14.5. The number of hydrogen-bond acceptors (Lipinski definition) is 3. The van der Waals surface area contributed by atoms with Gasteiger partial charge in [-0.1, -0.05) is 12.1 Å². The van der Waals surface area contributed by atoms with Crippen molar-refractivity contribution in [3.05, 3.63) is 29.8 Å². The first-order valence-electron chi connectivity index (χ1n) is 7.48. The Bertz CT molecular complexity index is 479. The van der Waals surface area contributed by atoms with Gasteiger partial charge in [0.2, 0.25) is 5.91 Å². The van der Waals surface area contributed by atoms with Crippen LogP contribution in [0.3, 0.4) is 0 Å². The van der Waals surface area contributed by atoms with Crippen LogP contribution in [0.25, 0.3) is 0 Å². The van der Waals surface area contributed by atoms with Crippen molar-refractivity contribution in [2.75, 3.05) is 12.3 Å². The molecule has 0 radical (unpaired) electrons. The molecule has 1 saturated carbocycles. The lowest BCUT2D eigenvalue weighted by Gasteiger charge is -2.24. The van der Waals surface area contributed by atoms with E-state index in [2.05, 4.69) is 0 Å². The number of nitrogens with zero attached hydrogens (tertiary/aromatic N) is 1. The minimum atomic E-state index is 0.129. The van der Waals surface area contributed by atoms with Crippen LogP contribution in [0.2, 0.25) is 0 Å². The molecule has 1 unspecified atom stereocenters. The zero-order valence-electron chi connectivity index (χ0n) is 11.8. The molecule has 1 aromatic rings. The Labute approximate surface area is 119 Å². The number of ether oxygens (including phenoxy) is 1. The number of benzene rings is 1. The van der Waals surface area contributed by atoms with E-state index >= 15 is 0 Å². The maximum atomic E-state index is 12.5. The van der Waals surface area contributed by atoms with E-state index in [0.29, 0.717) is 19.0 Å². The fourth-order valence-corrected chi connectivity index (χ4v) is 2.81. The van der Waals surface area contributed by atoms with Crippen molar-refractivity contribution in [1.82, 2.24) is 4.90 Å². The number of nitrogens with two attached hydrogens (primary N) is 1. The Morgan fingerprint density at radius 1 is 1.35 bits per heavy atom. The molecule has 2 N–H and O–H groups in total. The number of hydrogen-bond donors (Lipinski definition) is 1. The van der Waals surface area contributed by atoms with Gasteiger partial charge in [-0.2, -0.15) is 0 Å². The summed E-state index contributed by atoms with van der Waals surface area (Å²) in [5.74, 6) is 0.224. The van der Waals surface area contributed by atoms with E-state index in [1.807, 2.05) is 29.2 Å². The highest BCUT2D eigenvalue weighted by Crippen LogP contribution is 2.30. The third-order valence-corrected chi connectivity index (χ3v) is 4.04. The predicted octanol–water partition coefficient (Wildman–Crippen LogP) is 2.33. The van der Waals surface area contributed by atoms with Gasteiger partial charge in [0, 0.05) is 24.9 Å². The zero-order valence-corrected chi connectivity index (χ0v) is 11.8. The Morgan fingerprint density at radius 2 is 2.20 bits per heavy atom. The molecule has 108 valence electrons. The summed E-state index contributed by atoms with van der Waals surface area (Å²) in [6.07, 6.45) is 5.00. The minimum absolute atomic E-state index is 0.129. The lowest BCUT2D eigenvalue weighted by atomic mass is 10.1. The molecule has 1 atom stereocenters. The maximum absolute atomic E-state index is 12.5. The van der Waals surface area contributed by atoms with Crippen LogP contribution in [0.5, 0.6) is 0 Å². The number of carbonyl (C=O) groups excluding carboxylic acids is 1.